The summed E-state index contributed by atoms with van der Waals surface area (Å²) in [7, 11) is 0. The smallest absolute Gasteiger partial charge is 0.211 e. The van der Waals surface area contributed by atoms with Crippen LogP contribution in [0, 0.1) is 6.92 Å². The van der Waals surface area contributed by atoms with Crippen molar-refractivity contribution >= 4 is 23.5 Å². The quantitative estimate of drug-likeness (QED) is 0.503. The molecule has 0 heterocycles. The predicted octanol–water partition coefficient (Wildman–Crippen LogP) is 1.68. The van der Waals surface area contributed by atoms with E-state index < -0.39 is 0 Å². The van der Waals surface area contributed by atoms with Gasteiger partial charge in [0.25, 0.3) is 0 Å². The van der Waals surface area contributed by atoms with Crippen LogP contribution in [-0.4, -0.2) is 12.2 Å². The topological polar surface area (TPSA) is 58.9 Å². The van der Waals surface area contributed by atoms with E-state index in [9.17, 15) is 9.59 Å². The second-order valence-corrected chi connectivity index (χ2v) is 2.15. The predicted molar refractivity (Wildman–Crippen MR) is 45.4 cm³/mol. The van der Waals surface area contributed by atoms with Crippen LogP contribution in [0.2, 0.25) is 0 Å². The molecular formula is C9H4N2O2. The number of benzene rings is 1. The number of carbonyl (C=O) groups excluding carboxylic acids is 2. The molecule has 0 bridgehead atoms. The fourth-order valence-electron chi connectivity index (χ4n) is 0.800. The lowest BCUT2D eigenvalue weighted by Gasteiger charge is -1.96. The highest BCUT2D eigenvalue weighted by Gasteiger charge is 1.97. The first-order valence-corrected chi connectivity index (χ1v) is 3.33. The van der Waals surface area contributed by atoms with Crippen LogP contribution in [0.5, 0.6) is 0 Å². The van der Waals surface area contributed by atoms with Gasteiger partial charge in [0.1, 0.15) is 0 Å². The van der Waals surface area contributed by atoms with Gasteiger partial charge in [-0.3, -0.25) is 0 Å². The SMILES string of the molecule is [CH]c1ccc(N=C=O)cc1N=C=O. The van der Waals surface area contributed by atoms with Gasteiger partial charge in [-0.15, -0.1) is 0 Å². The van der Waals surface area contributed by atoms with E-state index in [-0.39, 0.29) is 5.69 Å². The lowest BCUT2D eigenvalue weighted by atomic mass is 10.2. The van der Waals surface area contributed by atoms with Gasteiger partial charge >= 0.3 is 0 Å². The summed E-state index contributed by atoms with van der Waals surface area (Å²) in [5.41, 5.74) is 0.915. The van der Waals surface area contributed by atoms with Crippen molar-refractivity contribution in [2.75, 3.05) is 0 Å². The minimum Gasteiger partial charge on any atom is -0.211 e. The molecule has 1 aromatic carbocycles. The summed E-state index contributed by atoms with van der Waals surface area (Å²) in [5.74, 6) is 0. The van der Waals surface area contributed by atoms with E-state index in [1.54, 1.807) is 0 Å². The van der Waals surface area contributed by atoms with Crippen molar-refractivity contribution in [2.45, 2.75) is 0 Å². The number of isocyanates is 2. The highest BCUT2D eigenvalue weighted by atomic mass is 16.1. The minimum absolute atomic E-state index is 0.242. The van der Waals surface area contributed by atoms with E-state index in [0.29, 0.717) is 11.3 Å². The van der Waals surface area contributed by atoms with Gasteiger partial charge in [-0.1, -0.05) is 6.07 Å². The van der Waals surface area contributed by atoms with E-state index >= 15 is 0 Å². The lowest BCUT2D eigenvalue weighted by molar-refractivity contribution is 0.565. The fourth-order valence-corrected chi connectivity index (χ4v) is 0.800. The molecule has 13 heavy (non-hydrogen) atoms. The number of nitrogens with zero attached hydrogens (tertiary/aromatic N) is 2. The Kier molecular flexibility index (Phi) is 2.87. The molecule has 4 heteroatoms. The van der Waals surface area contributed by atoms with Crippen molar-refractivity contribution < 1.29 is 9.59 Å². The van der Waals surface area contributed by atoms with Gasteiger partial charge in [-0.2, -0.15) is 9.98 Å². The first-order chi connectivity index (χ1) is 6.27. The van der Waals surface area contributed by atoms with Gasteiger partial charge in [0, 0.05) is 6.92 Å². The van der Waals surface area contributed by atoms with Crippen LogP contribution in [0.15, 0.2) is 28.2 Å². The van der Waals surface area contributed by atoms with Gasteiger partial charge in [-0.05, 0) is 17.7 Å². The molecule has 0 aliphatic heterocycles. The van der Waals surface area contributed by atoms with Crippen molar-refractivity contribution in [2.24, 2.45) is 9.98 Å². The highest BCUT2D eigenvalue weighted by molar-refractivity contribution is 5.62. The van der Waals surface area contributed by atoms with Crippen LogP contribution in [0.25, 0.3) is 0 Å². The first-order valence-electron chi connectivity index (χ1n) is 3.33. The van der Waals surface area contributed by atoms with Gasteiger partial charge in [-0.25, -0.2) is 9.59 Å². The number of aliphatic imine (C=N–C) groups is 2. The molecule has 0 unspecified atom stereocenters. The van der Waals surface area contributed by atoms with Gasteiger partial charge < -0.3 is 0 Å². The van der Waals surface area contributed by atoms with Crippen LogP contribution in [0.1, 0.15) is 5.56 Å². The Morgan fingerprint density at radius 2 is 1.85 bits per heavy atom. The monoisotopic (exact) mass is 172 g/mol. The summed E-state index contributed by atoms with van der Waals surface area (Å²) in [6.07, 6.45) is 2.72. The summed E-state index contributed by atoms with van der Waals surface area (Å²) < 4.78 is 0. The molecule has 0 atom stereocenters. The molecule has 4 nitrogen and oxygen atoms in total. The molecule has 0 aromatic heterocycles. The summed E-state index contributed by atoms with van der Waals surface area (Å²) in [5, 5.41) is 0. The Bertz CT molecular complexity index is 414. The van der Waals surface area contributed by atoms with Crippen LogP contribution in [0.4, 0.5) is 11.4 Å². The number of hydrogen-bond acceptors (Lipinski definition) is 4. The standard InChI is InChI=1S/C9H4N2O2/c1-7-2-3-8(10-5-12)4-9(7)11-6-13/h1-4H. The third-order valence-electron chi connectivity index (χ3n) is 1.35. The summed E-state index contributed by atoms with van der Waals surface area (Å²) in [6.45, 7) is 5.46. The van der Waals surface area contributed by atoms with Crippen LogP contribution < -0.4 is 0 Å². The molecule has 2 radical (unpaired) electrons. The number of rotatable bonds is 2. The second kappa shape index (κ2) is 4.12. The van der Waals surface area contributed by atoms with Crippen molar-refractivity contribution in [1.29, 1.82) is 0 Å². The summed E-state index contributed by atoms with van der Waals surface area (Å²) in [6, 6.07) is 4.40. The first kappa shape index (κ1) is 9.07. The fraction of sp³-hybridized carbons (Fsp3) is 0. The maximum atomic E-state index is 9.94. The Hall–Kier alpha value is -2.02. The molecule has 1 aromatic rings. The highest BCUT2D eigenvalue weighted by Crippen LogP contribution is 2.23. The molecule has 1 rings (SSSR count). The van der Waals surface area contributed by atoms with E-state index in [1.807, 2.05) is 0 Å². The van der Waals surface area contributed by atoms with E-state index in [4.69, 9.17) is 6.92 Å². The maximum Gasteiger partial charge on any atom is 0.240 e. The third-order valence-corrected chi connectivity index (χ3v) is 1.35. The van der Waals surface area contributed by atoms with Crippen LogP contribution in [0.3, 0.4) is 0 Å². The van der Waals surface area contributed by atoms with Crippen molar-refractivity contribution in [3.8, 4) is 0 Å². The van der Waals surface area contributed by atoms with Gasteiger partial charge in [0.2, 0.25) is 12.2 Å². The van der Waals surface area contributed by atoms with Crippen molar-refractivity contribution in [3.63, 3.8) is 0 Å². The molecule has 0 N–H and O–H groups in total. The van der Waals surface area contributed by atoms with Crippen molar-refractivity contribution in [1.82, 2.24) is 0 Å². The Balaban J connectivity index is 3.25. The van der Waals surface area contributed by atoms with Crippen molar-refractivity contribution in [3.05, 3.63) is 30.7 Å². The van der Waals surface area contributed by atoms with Crippen LogP contribution in [-0.2, 0) is 9.59 Å². The molecule has 62 valence electrons. The van der Waals surface area contributed by atoms with Gasteiger partial charge in [0.15, 0.2) is 0 Å². The Morgan fingerprint density at radius 3 is 2.46 bits per heavy atom. The normalized spacial score (nSPS) is 8.38. The average molecular weight is 172 g/mol. The van der Waals surface area contributed by atoms with E-state index in [2.05, 4.69) is 9.98 Å². The average Bonchev–Trinajstić information content (AvgIpc) is 2.12. The zero-order chi connectivity index (χ0) is 9.68. The molecule has 0 aliphatic carbocycles. The summed E-state index contributed by atoms with van der Waals surface area (Å²) in [4.78, 5) is 26.5. The van der Waals surface area contributed by atoms with Gasteiger partial charge in [0.05, 0.1) is 11.4 Å². The van der Waals surface area contributed by atoms with E-state index in [1.165, 1.54) is 30.4 Å². The third kappa shape index (κ3) is 2.20. The molecule has 0 saturated heterocycles. The summed E-state index contributed by atoms with van der Waals surface area (Å²) >= 11 is 0. The maximum absolute atomic E-state index is 9.94. The molecule has 0 fully saturated rings. The largest absolute Gasteiger partial charge is 0.240 e. The Labute approximate surface area is 74.6 Å². The van der Waals surface area contributed by atoms with Crippen LogP contribution >= 0.6 is 0 Å². The second-order valence-electron chi connectivity index (χ2n) is 2.15. The molecule has 0 saturated carbocycles. The van der Waals surface area contributed by atoms with E-state index in [0.717, 1.165) is 0 Å². The zero-order valence-electron chi connectivity index (χ0n) is 6.52. The zero-order valence-corrected chi connectivity index (χ0v) is 6.52. The number of hydrogen-bond donors (Lipinski definition) is 0. The molecule has 0 aliphatic rings. The lowest BCUT2D eigenvalue weighted by Crippen LogP contribution is -1.73. The molecule has 0 amide bonds. The Morgan fingerprint density at radius 1 is 1.15 bits per heavy atom. The molecule has 0 spiro atoms. The molecular weight excluding hydrogens is 168 g/mol. The minimum atomic E-state index is 0.242.